The quantitative estimate of drug-likeness (QED) is 0.0893. The lowest BCUT2D eigenvalue weighted by molar-refractivity contribution is 0.0398. The maximum atomic E-state index is 13.7. The van der Waals surface area contributed by atoms with E-state index in [0.717, 1.165) is 64.6 Å². The van der Waals surface area contributed by atoms with E-state index in [9.17, 15) is 9.59 Å². The summed E-state index contributed by atoms with van der Waals surface area (Å²) in [5.74, 6) is -1.32. The average Bonchev–Trinajstić information content (AvgIpc) is 3.08. The second kappa shape index (κ2) is 8.75. The van der Waals surface area contributed by atoms with Crippen molar-refractivity contribution in [3.63, 3.8) is 0 Å². The Morgan fingerprint density at radius 3 is 0.978 bits per heavy atom. The van der Waals surface area contributed by atoms with Crippen molar-refractivity contribution in [2.24, 2.45) is 0 Å². The van der Waals surface area contributed by atoms with Crippen molar-refractivity contribution < 1.29 is 14.3 Å². The van der Waals surface area contributed by atoms with Crippen LogP contribution >= 0.6 is 0 Å². The highest BCUT2D eigenvalue weighted by molar-refractivity contribution is 6.35. The third kappa shape index (κ3) is 3.30. The molecule has 0 fully saturated rings. The zero-order valence-electron chi connectivity index (χ0n) is 23.9. The molecule has 0 saturated carbocycles. The number of carbonyl (C=O) groups is 2. The molecule has 45 heavy (non-hydrogen) atoms. The zero-order chi connectivity index (χ0) is 29.8. The van der Waals surface area contributed by atoms with Gasteiger partial charge >= 0.3 is 11.9 Å². The molecule has 0 amide bonds. The minimum Gasteiger partial charge on any atom is -0.386 e. The van der Waals surface area contributed by atoms with Crippen molar-refractivity contribution in [3.05, 3.63) is 145 Å². The van der Waals surface area contributed by atoms with Gasteiger partial charge in [0, 0.05) is 0 Å². The number of ether oxygens (including phenoxy) is 1. The van der Waals surface area contributed by atoms with Crippen LogP contribution in [0.25, 0.3) is 86.2 Å². The lowest BCUT2D eigenvalue weighted by Crippen LogP contribution is -2.13. The van der Waals surface area contributed by atoms with Gasteiger partial charge in [0.1, 0.15) is 0 Å². The number of carbonyl (C=O) groups excluding carboxylic acids is 2. The first-order chi connectivity index (χ1) is 22.1. The summed E-state index contributed by atoms with van der Waals surface area (Å²) < 4.78 is 5.62. The monoisotopic (exact) mass is 574 g/mol. The predicted molar refractivity (Wildman–Crippen MR) is 185 cm³/mol. The number of benzene rings is 10. The second-order valence-electron chi connectivity index (χ2n) is 12.0. The largest absolute Gasteiger partial charge is 0.386 e. The summed E-state index contributed by atoms with van der Waals surface area (Å²) in [4.78, 5) is 27.4. The van der Waals surface area contributed by atoms with Crippen LogP contribution in [0.5, 0.6) is 0 Å². The maximum Gasteiger partial charge on any atom is 0.346 e. The number of hydrogen-bond donors (Lipinski definition) is 0. The second-order valence-corrected chi connectivity index (χ2v) is 12.0. The maximum absolute atomic E-state index is 13.7. The Labute approximate surface area is 256 Å². The number of rotatable bonds is 2. The average molecular weight is 575 g/mol. The molecule has 10 rings (SSSR count). The molecule has 3 heteroatoms. The fourth-order valence-electron chi connectivity index (χ4n) is 7.75. The Morgan fingerprint density at radius 1 is 0.333 bits per heavy atom. The van der Waals surface area contributed by atoms with Gasteiger partial charge in [0.05, 0.1) is 11.1 Å². The molecule has 0 bridgehead atoms. The molecular weight excluding hydrogens is 552 g/mol. The fraction of sp³-hybridized carbons (Fsp3) is 0. The molecular formula is C42H22O3. The Hall–Kier alpha value is -6.06. The van der Waals surface area contributed by atoms with Crippen LogP contribution in [-0.2, 0) is 4.74 Å². The van der Waals surface area contributed by atoms with Crippen LogP contribution in [0.1, 0.15) is 20.7 Å². The SMILES string of the molecule is O=C(OC(=O)c1cc2cccc3c4cccc5cccc(c(c1)c23)c54)c1cc2cccc3c4cccc5cccc(c(c1)c23)c54. The first-order valence-electron chi connectivity index (χ1n) is 15.1. The molecule has 0 aliphatic rings. The lowest BCUT2D eigenvalue weighted by atomic mass is 9.89. The Bertz CT molecular complexity index is 2670. The molecule has 10 aromatic carbocycles. The van der Waals surface area contributed by atoms with Crippen LogP contribution in [0.4, 0.5) is 0 Å². The molecule has 0 aliphatic carbocycles. The van der Waals surface area contributed by atoms with E-state index in [2.05, 4.69) is 72.8 Å². The highest BCUT2D eigenvalue weighted by Crippen LogP contribution is 2.42. The summed E-state index contributed by atoms with van der Waals surface area (Å²) in [6, 6.07) is 45.0. The Morgan fingerprint density at radius 2 is 0.622 bits per heavy atom. The molecule has 0 N–H and O–H groups in total. The van der Waals surface area contributed by atoms with Gasteiger partial charge in [-0.2, -0.15) is 0 Å². The summed E-state index contributed by atoms with van der Waals surface area (Å²) >= 11 is 0. The van der Waals surface area contributed by atoms with Crippen LogP contribution in [0.2, 0.25) is 0 Å². The molecule has 10 aromatic rings. The molecule has 0 atom stereocenters. The van der Waals surface area contributed by atoms with Gasteiger partial charge in [0.25, 0.3) is 0 Å². The van der Waals surface area contributed by atoms with Crippen LogP contribution < -0.4 is 0 Å². The standard InChI is InChI=1S/C42H22O3/c43-41(27-19-25-11-5-15-31-29-13-1-7-23-9-3-17-33(37(23)29)35(21-27)39(25)31)45-42(44)28-20-26-12-6-16-32-30-14-2-8-24-10-4-18-34(38(24)30)36(22-28)40(26)32/h1-22H. The minimum atomic E-state index is -0.662. The van der Waals surface area contributed by atoms with Gasteiger partial charge in [0.15, 0.2) is 0 Å². The normalized spacial score (nSPS) is 12.2. The van der Waals surface area contributed by atoms with E-state index in [1.165, 1.54) is 21.5 Å². The Balaban J connectivity index is 1.12. The summed E-state index contributed by atoms with van der Waals surface area (Å²) in [7, 11) is 0. The molecule has 3 nitrogen and oxygen atoms in total. The topological polar surface area (TPSA) is 43.4 Å². The van der Waals surface area contributed by atoms with E-state index < -0.39 is 11.9 Å². The third-order valence-electron chi connectivity index (χ3n) is 9.58. The zero-order valence-corrected chi connectivity index (χ0v) is 23.9. The number of hydrogen-bond acceptors (Lipinski definition) is 3. The molecule has 0 saturated heterocycles. The van der Waals surface area contributed by atoms with E-state index >= 15 is 0 Å². The van der Waals surface area contributed by atoms with E-state index in [-0.39, 0.29) is 0 Å². The van der Waals surface area contributed by atoms with Crippen LogP contribution in [0, 0.1) is 0 Å². The molecule has 208 valence electrons. The van der Waals surface area contributed by atoms with Crippen LogP contribution in [0.15, 0.2) is 133 Å². The van der Waals surface area contributed by atoms with Crippen molar-refractivity contribution in [2.45, 2.75) is 0 Å². The van der Waals surface area contributed by atoms with Gasteiger partial charge in [-0.1, -0.05) is 109 Å². The van der Waals surface area contributed by atoms with Crippen molar-refractivity contribution in [1.82, 2.24) is 0 Å². The first-order valence-corrected chi connectivity index (χ1v) is 15.1. The Kier molecular flexibility index (Phi) is 4.74. The van der Waals surface area contributed by atoms with Crippen LogP contribution in [0.3, 0.4) is 0 Å². The highest BCUT2D eigenvalue weighted by atomic mass is 16.6. The van der Waals surface area contributed by atoms with E-state index in [1.807, 2.05) is 60.7 Å². The van der Waals surface area contributed by atoms with Crippen LogP contribution in [-0.4, -0.2) is 11.9 Å². The molecule has 0 spiro atoms. The van der Waals surface area contributed by atoms with Crippen molar-refractivity contribution in [1.29, 1.82) is 0 Å². The smallest absolute Gasteiger partial charge is 0.346 e. The number of esters is 2. The summed E-state index contributed by atoms with van der Waals surface area (Å²) in [6.45, 7) is 0. The van der Waals surface area contributed by atoms with Crippen molar-refractivity contribution >= 4 is 98.1 Å². The summed E-state index contributed by atoms with van der Waals surface area (Å²) in [6.07, 6.45) is 0. The highest BCUT2D eigenvalue weighted by Gasteiger charge is 2.21. The summed E-state index contributed by atoms with van der Waals surface area (Å²) in [5.41, 5.74) is 0.699. The number of fused-ring (bicyclic) bond motifs is 4. The van der Waals surface area contributed by atoms with E-state index in [0.29, 0.717) is 11.1 Å². The van der Waals surface area contributed by atoms with Gasteiger partial charge in [-0.05, 0) is 110 Å². The molecule has 0 aromatic heterocycles. The van der Waals surface area contributed by atoms with Crippen molar-refractivity contribution in [2.75, 3.05) is 0 Å². The first kappa shape index (κ1) is 24.4. The van der Waals surface area contributed by atoms with Gasteiger partial charge < -0.3 is 4.74 Å². The van der Waals surface area contributed by atoms with Gasteiger partial charge in [-0.3, -0.25) is 0 Å². The third-order valence-corrected chi connectivity index (χ3v) is 9.58. The lowest BCUT2D eigenvalue weighted by Gasteiger charge is -2.16. The van der Waals surface area contributed by atoms with Gasteiger partial charge in [0.2, 0.25) is 0 Å². The van der Waals surface area contributed by atoms with Gasteiger partial charge in [-0.15, -0.1) is 0 Å². The summed E-state index contributed by atoms with van der Waals surface area (Å²) in [5, 5.41) is 17.5. The van der Waals surface area contributed by atoms with Crippen molar-refractivity contribution in [3.8, 4) is 0 Å². The van der Waals surface area contributed by atoms with E-state index in [4.69, 9.17) is 4.74 Å². The molecule has 0 aliphatic heterocycles. The van der Waals surface area contributed by atoms with E-state index in [1.54, 1.807) is 0 Å². The fourth-order valence-corrected chi connectivity index (χ4v) is 7.75. The minimum absolute atomic E-state index is 0.350. The molecule has 0 heterocycles. The molecule has 0 unspecified atom stereocenters. The van der Waals surface area contributed by atoms with Gasteiger partial charge in [-0.25, -0.2) is 9.59 Å². The molecule has 0 radical (unpaired) electrons. The predicted octanol–water partition coefficient (Wildman–Crippen LogP) is 10.8.